The lowest BCUT2D eigenvalue weighted by Crippen LogP contribution is -2.19. The van der Waals surface area contributed by atoms with Crippen molar-refractivity contribution in [2.75, 3.05) is 0 Å². The molecule has 0 unspecified atom stereocenters. The van der Waals surface area contributed by atoms with Crippen molar-refractivity contribution in [3.63, 3.8) is 0 Å². The molecular weight excluding hydrogens is 366 g/mol. The van der Waals surface area contributed by atoms with Crippen LogP contribution in [-0.4, -0.2) is 27.1 Å². The first-order valence-electron chi connectivity index (χ1n) is 9.68. The number of benzene rings is 2. The van der Waals surface area contributed by atoms with Gasteiger partial charge < -0.3 is 14.8 Å². The van der Waals surface area contributed by atoms with E-state index in [1.807, 2.05) is 36.4 Å². The number of carbonyl (C=O) groups excluding carboxylic acids is 1. The van der Waals surface area contributed by atoms with E-state index in [0.29, 0.717) is 11.1 Å². The van der Waals surface area contributed by atoms with Gasteiger partial charge in [0.25, 0.3) is 0 Å². The molecule has 0 saturated heterocycles. The lowest BCUT2D eigenvalue weighted by molar-refractivity contribution is 0.0334. The molecule has 1 aliphatic carbocycles. The quantitative estimate of drug-likeness (QED) is 0.391. The normalized spacial score (nSPS) is 15.2. The Kier molecular flexibility index (Phi) is 5.05. The molecule has 0 saturated carbocycles. The highest BCUT2D eigenvalue weighted by Crippen LogP contribution is 2.24. The molecule has 1 heterocycles. The van der Waals surface area contributed by atoms with Gasteiger partial charge in [-0.15, -0.1) is 0 Å². The second kappa shape index (κ2) is 7.80. The largest absolute Gasteiger partial charge is 0.507 e. The number of allylic oxidation sites excluding steroid dienone is 1. The fraction of sp³-hybridized carbons (Fsp3) is 0.261. The Morgan fingerprint density at radius 1 is 1.21 bits per heavy atom. The first kappa shape index (κ1) is 18.8. The Morgan fingerprint density at radius 2 is 1.97 bits per heavy atom. The summed E-state index contributed by atoms with van der Waals surface area (Å²) in [6, 6.07) is 14.9. The number of aromatic amines is 1. The number of ether oxygens (including phenoxy) is 1. The topological polar surface area (TPSA) is 99.0 Å². The van der Waals surface area contributed by atoms with E-state index in [4.69, 9.17) is 4.74 Å². The van der Waals surface area contributed by atoms with Crippen LogP contribution in [0.15, 0.2) is 48.2 Å². The van der Waals surface area contributed by atoms with Crippen LogP contribution < -0.4 is 0 Å². The van der Waals surface area contributed by atoms with Gasteiger partial charge in [-0.1, -0.05) is 18.2 Å². The van der Waals surface area contributed by atoms with Gasteiger partial charge in [-0.25, -0.2) is 9.78 Å². The fourth-order valence-corrected chi connectivity index (χ4v) is 3.65. The molecule has 1 aromatic heterocycles. The number of nitrogens with zero attached hydrogens (tertiary/aromatic N) is 2. The summed E-state index contributed by atoms with van der Waals surface area (Å²) in [4.78, 5) is 19.9. The van der Waals surface area contributed by atoms with Gasteiger partial charge in [0.2, 0.25) is 0 Å². The van der Waals surface area contributed by atoms with Gasteiger partial charge in [-0.05, 0) is 68.0 Å². The highest BCUT2D eigenvalue weighted by atomic mass is 16.6. The summed E-state index contributed by atoms with van der Waals surface area (Å²) >= 11 is 0. The number of aliphatic hydroxyl groups is 1. The number of H-pyrrole nitrogens is 1. The minimum Gasteiger partial charge on any atom is -0.507 e. The van der Waals surface area contributed by atoms with E-state index in [1.165, 1.54) is 24.5 Å². The van der Waals surface area contributed by atoms with Crippen molar-refractivity contribution >= 4 is 22.6 Å². The Hall–Kier alpha value is -3.59. The third-order valence-electron chi connectivity index (χ3n) is 5.25. The molecule has 1 aliphatic rings. The average Bonchev–Trinajstić information content (AvgIpc) is 3.17. The minimum atomic E-state index is -0.985. The molecule has 0 amide bonds. The third-order valence-corrected chi connectivity index (χ3v) is 5.25. The SMILES string of the molecule is C[C@@H](OC(=O)c1ccc2c(c1)CCCC2)/C(O)=C(\C#N)c1nc2ccccc2[nH]1. The van der Waals surface area contributed by atoms with E-state index in [0.717, 1.165) is 24.8 Å². The van der Waals surface area contributed by atoms with Crippen LogP contribution in [0.3, 0.4) is 0 Å². The zero-order valence-electron chi connectivity index (χ0n) is 16.1. The standard InChI is InChI=1S/C23H21N3O3/c1-14(29-23(28)17-11-10-15-6-2-3-7-16(15)12-17)21(27)18(13-24)22-25-19-8-4-5-9-20(19)26-22/h4-5,8-12,14,27H,2-3,6-7H2,1H3,(H,25,26)/b21-18-/t14-/m1/s1. The first-order chi connectivity index (χ1) is 14.1. The molecule has 6 nitrogen and oxygen atoms in total. The van der Waals surface area contributed by atoms with Crippen molar-refractivity contribution in [1.29, 1.82) is 5.26 Å². The summed E-state index contributed by atoms with van der Waals surface area (Å²) in [5.74, 6) is -0.625. The van der Waals surface area contributed by atoms with Gasteiger partial charge >= 0.3 is 5.97 Å². The van der Waals surface area contributed by atoms with Crippen molar-refractivity contribution in [2.24, 2.45) is 0 Å². The Bertz CT molecular complexity index is 1120. The van der Waals surface area contributed by atoms with Crippen molar-refractivity contribution in [3.05, 3.63) is 70.7 Å². The molecule has 2 N–H and O–H groups in total. The van der Waals surface area contributed by atoms with E-state index in [9.17, 15) is 15.2 Å². The van der Waals surface area contributed by atoms with Crippen LogP contribution in [0.1, 0.15) is 47.1 Å². The molecule has 3 aromatic rings. The number of nitriles is 1. The molecule has 0 fully saturated rings. The molecule has 0 bridgehead atoms. The van der Waals surface area contributed by atoms with Gasteiger partial charge in [-0.3, -0.25) is 0 Å². The molecule has 146 valence electrons. The maximum Gasteiger partial charge on any atom is 0.338 e. The summed E-state index contributed by atoms with van der Waals surface area (Å²) in [6.07, 6.45) is 3.30. The number of aliphatic hydroxyl groups excluding tert-OH is 1. The van der Waals surface area contributed by atoms with E-state index >= 15 is 0 Å². The number of esters is 1. The highest BCUT2D eigenvalue weighted by Gasteiger charge is 2.22. The average molecular weight is 387 g/mol. The smallest absolute Gasteiger partial charge is 0.338 e. The molecular formula is C23H21N3O3. The minimum absolute atomic E-state index is 0.0491. The molecule has 1 atom stereocenters. The molecule has 0 aliphatic heterocycles. The second-order valence-electron chi connectivity index (χ2n) is 7.21. The predicted octanol–water partition coefficient (Wildman–Crippen LogP) is 4.48. The monoisotopic (exact) mass is 387 g/mol. The van der Waals surface area contributed by atoms with E-state index in [1.54, 1.807) is 12.1 Å². The lowest BCUT2D eigenvalue weighted by Gasteiger charge is -2.17. The van der Waals surface area contributed by atoms with Crippen LogP contribution in [0.2, 0.25) is 0 Å². The van der Waals surface area contributed by atoms with Crippen LogP contribution in [-0.2, 0) is 17.6 Å². The molecule has 0 spiro atoms. The number of para-hydroxylation sites is 2. The molecule has 2 aromatic carbocycles. The summed E-state index contributed by atoms with van der Waals surface area (Å²) < 4.78 is 5.43. The second-order valence-corrected chi connectivity index (χ2v) is 7.21. The number of aromatic nitrogens is 2. The maximum absolute atomic E-state index is 12.6. The van der Waals surface area contributed by atoms with Crippen molar-refractivity contribution in [1.82, 2.24) is 9.97 Å². The van der Waals surface area contributed by atoms with Crippen molar-refractivity contribution < 1.29 is 14.6 Å². The number of imidazole rings is 1. The number of fused-ring (bicyclic) bond motifs is 2. The van der Waals surface area contributed by atoms with Crippen LogP contribution >= 0.6 is 0 Å². The highest BCUT2D eigenvalue weighted by molar-refractivity contribution is 5.90. The third kappa shape index (κ3) is 3.72. The van der Waals surface area contributed by atoms with Gasteiger partial charge in [0, 0.05) is 0 Å². The number of rotatable bonds is 4. The predicted molar refractivity (Wildman–Crippen MR) is 109 cm³/mol. The van der Waals surface area contributed by atoms with Crippen molar-refractivity contribution in [2.45, 2.75) is 38.7 Å². The Balaban J connectivity index is 1.56. The van der Waals surface area contributed by atoms with Gasteiger partial charge in [0.05, 0.1) is 16.6 Å². The van der Waals surface area contributed by atoms with Gasteiger partial charge in [0.1, 0.15) is 11.6 Å². The van der Waals surface area contributed by atoms with E-state index in [2.05, 4.69) is 9.97 Å². The maximum atomic E-state index is 12.6. The van der Waals surface area contributed by atoms with Crippen molar-refractivity contribution in [3.8, 4) is 6.07 Å². The van der Waals surface area contributed by atoms with Gasteiger partial charge in [0.15, 0.2) is 17.7 Å². The van der Waals surface area contributed by atoms with Crippen LogP contribution in [0.25, 0.3) is 16.6 Å². The Morgan fingerprint density at radius 3 is 2.72 bits per heavy atom. The van der Waals surface area contributed by atoms with Gasteiger partial charge in [-0.2, -0.15) is 5.26 Å². The Labute approximate surface area is 168 Å². The van der Waals surface area contributed by atoms with E-state index in [-0.39, 0.29) is 17.2 Å². The molecule has 29 heavy (non-hydrogen) atoms. The zero-order chi connectivity index (χ0) is 20.4. The summed E-state index contributed by atoms with van der Waals surface area (Å²) in [5.41, 5.74) is 4.29. The molecule has 4 rings (SSSR count). The number of hydrogen-bond donors (Lipinski definition) is 2. The number of nitrogens with one attached hydrogen (secondary N) is 1. The first-order valence-corrected chi connectivity index (χ1v) is 9.68. The summed E-state index contributed by atoms with van der Waals surface area (Å²) in [6.45, 7) is 1.53. The zero-order valence-corrected chi connectivity index (χ0v) is 16.1. The van der Waals surface area contributed by atoms with E-state index < -0.39 is 12.1 Å². The fourth-order valence-electron chi connectivity index (χ4n) is 3.65. The molecule has 6 heteroatoms. The number of hydrogen-bond acceptors (Lipinski definition) is 5. The van der Waals surface area contributed by atoms with Crippen LogP contribution in [0.5, 0.6) is 0 Å². The summed E-state index contributed by atoms with van der Waals surface area (Å²) in [5, 5.41) is 20.1. The number of carbonyl (C=O) groups is 1. The lowest BCUT2D eigenvalue weighted by atomic mass is 9.90. The van der Waals surface area contributed by atoms with Crippen LogP contribution in [0, 0.1) is 11.3 Å². The molecule has 0 radical (unpaired) electrons. The number of aryl methyl sites for hydroxylation is 2. The summed E-state index contributed by atoms with van der Waals surface area (Å²) in [7, 11) is 0. The van der Waals surface area contributed by atoms with Crippen LogP contribution in [0.4, 0.5) is 0 Å².